The van der Waals surface area contributed by atoms with Crippen molar-refractivity contribution in [2.75, 3.05) is 6.61 Å². The number of hydrogen-bond acceptors (Lipinski definition) is 1. The van der Waals surface area contributed by atoms with Gasteiger partial charge in [-0.2, -0.15) is 0 Å². The average molecular weight is 411 g/mol. The molecule has 0 spiro atoms. The molecule has 4 heteroatoms. The first-order chi connectivity index (χ1) is 9.84. The van der Waals surface area contributed by atoms with Crippen molar-refractivity contribution in [3.05, 3.63) is 65.2 Å². The number of rotatable bonds is 2. The summed E-state index contributed by atoms with van der Waals surface area (Å²) >= 11 is -1.62. The molecule has 1 fully saturated rings. The zero-order valence-corrected chi connectivity index (χ0v) is 16.3. The van der Waals surface area contributed by atoms with Crippen LogP contribution in [0.2, 0.25) is 4.13 Å². The van der Waals surface area contributed by atoms with E-state index in [0.29, 0.717) is 3.63 Å². The van der Waals surface area contributed by atoms with Gasteiger partial charge in [-0.25, -0.2) is 0 Å². The predicted molar refractivity (Wildman–Crippen MR) is 79.0 cm³/mol. The fourth-order valence-corrected chi connectivity index (χ4v) is 8.42. The Kier molecular flexibility index (Phi) is 6.08. The molecule has 2 aromatic rings. The van der Waals surface area contributed by atoms with E-state index in [9.17, 15) is 0 Å². The Bertz CT molecular complexity index is 681. The molecule has 0 bridgehead atoms. The Labute approximate surface area is 152 Å². The monoisotopic (exact) mass is 409 g/mol. The standard InChI is InChI=1S/C16H13.C2H4O.2ClH.Zr/c1-12-10-14-8-5-9-15(16(14)11-12)13-6-3-2-4-7-13;1-2-3;;;/h2-11H,1H3;1-2H2;2*1H;/q;-1;;;+3/p-2. The third kappa shape index (κ3) is 2.99. The smallest absolute Gasteiger partial charge is 1.00 e. The van der Waals surface area contributed by atoms with Crippen LogP contribution in [-0.4, -0.2) is 6.61 Å². The first-order valence-electron chi connectivity index (χ1n) is 7.19. The third-order valence-electron chi connectivity index (χ3n) is 4.32. The van der Waals surface area contributed by atoms with Crippen molar-refractivity contribution in [3.63, 3.8) is 0 Å². The maximum Gasteiger partial charge on any atom is -1.00 e. The van der Waals surface area contributed by atoms with Crippen LogP contribution >= 0.6 is 0 Å². The number of hydrogen-bond donors (Lipinski definition) is 0. The van der Waals surface area contributed by atoms with Crippen LogP contribution in [0.15, 0.2) is 54.1 Å². The second-order valence-electron chi connectivity index (χ2n) is 5.56. The summed E-state index contributed by atoms with van der Waals surface area (Å²) in [6.07, 6.45) is 2.40. The Balaban J connectivity index is 0.000000882. The van der Waals surface area contributed by atoms with Crippen LogP contribution in [0.5, 0.6) is 0 Å². The molecule has 2 aromatic carbocycles. The molecule has 0 saturated carbocycles. The third-order valence-corrected chi connectivity index (χ3v) is 10.9. The van der Waals surface area contributed by atoms with Crippen LogP contribution in [0, 0.1) is 0 Å². The topological polar surface area (TPSA) is 9.23 Å². The minimum Gasteiger partial charge on any atom is -1.00 e. The van der Waals surface area contributed by atoms with E-state index >= 15 is 0 Å². The summed E-state index contributed by atoms with van der Waals surface area (Å²) in [4.78, 5) is 0. The Hall–Kier alpha value is -0.397. The molecule has 1 atom stereocenters. The molecule has 1 unspecified atom stereocenters. The first kappa shape index (κ1) is 17.9. The average Bonchev–Trinajstić information content (AvgIpc) is 2.75. The van der Waals surface area contributed by atoms with Gasteiger partial charge in [-0.05, 0) is 0 Å². The zero-order valence-electron chi connectivity index (χ0n) is 12.4. The van der Waals surface area contributed by atoms with Crippen molar-refractivity contribution in [2.24, 2.45) is 0 Å². The minimum atomic E-state index is -1.62. The van der Waals surface area contributed by atoms with Crippen molar-refractivity contribution in [1.82, 2.24) is 0 Å². The minimum absolute atomic E-state index is 0. The van der Waals surface area contributed by atoms with Gasteiger partial charge in [0.15, 0.2) is 0 Å². The van der Waals surface area contributed by atoms with Gasteiger partial charge in [0.2, 0.25) is 0 Å². The molecular formula is C18H17Cl2OZr. The van der Waals surface area contributed by atoms with E-state index in [0.717, 1.165) is 6.61 Å². The fraction of sp³-hybridized carbons (Fsp3) is 0.222. The SMILES string of the molecule is CC1=Cc2c(-c3ccccc3)cccc2[CH]1[Zr+2]1[CH2]C[O]1.[Cl-].[Cl-]. The predicted octanol–water partition coefficient (Wildman–Crippen LogP) is -1.20. The molecule has 113 valence electrons. The van der Waals surface area contributed by atoms with Gasteiger partial charge in [-0.1, -0.05) is 0 Å². The Morgan fingerprint density at radius 2 is 1.73 bits per heavy atom. The van der Waals surface area contributed by atoms with Crippen LogP contribution in [0.3, 0.4) is 0 Å². The first-order valence-corrected chi connectivity index (χ1v) is 11.4. The summed E-state index contributed by atoms with van der Waals surface area (Å²) in [5.74, 6) is 0. The number of halogens is 2. The van der Waals surface area contributed by atoms with Crippen molar-refractivity contribution < 1.29 is 49.8 Å². The summed E-state index contributed by atoms with van der Waals surface area (Å²) in [6, 6.07) is 17.5. The van der Waals surface area contributed by atoms with Gasteiger partial charge in [0.25, 0.3) is 0 Å². The molecule has 1 saturated heterocycles. The number of allylic oxidation sites excluding steroid dienone is 1. The van der Waals surface area contributed by atoms with E-state index in [1.165, 1.54) is 32.0 Å². The molecular weight excluding hydrogens is 394 g/mol. The Morgan fingerprint density at radius 3 is 2.36 bits per heavy atom. The molecule has 0 N–H and O–H groups in total. The second-order valence-corrected chi connectivity index (χ2v) is 11.2. The van der Waals surface area contributed by atoms with Crippen LogP contribution in [0.1, 0.15) is 21.7 Å². The molecule has 0 amide bonds. The van der Waals surface area contributed by atoms with E-state index in [-0.39, 0.29) is 24.8 Å². The fourth-order valence-electron chi connectivity index (χ4n) is 3.30. The molecule has 0 aromatic heterocycles. The molecule has 2 aliphatic rings. The summed E-state index contributed by atoms with van der Waals surface area (Å²) in [5.41, 5.74) is 7.17. The normalized spacial score (nSPS) is 18.5. The van der Waals surface area contributed by atoms with Gasteiger partial charge in [0, 0.05) is 0 Å². The number of fused-ring (bicyclic) bond motifs is 1. The van der Waals surface area contributed by atoms with Crippen LogP contribution in [0.4, 0.5) is 0 Å². The van der Waals surface area contributed by atoms with E-state index in [1.54, 1.807) is 0 Å². The summed E-state index contributed by atoms with van der Waals surface area (Å²) in [7, 11) is 0. The summed E-state index contributed by atoms with van der Waals surface area (Å²) in [5, 5.41) is 0. The van der Waals surface area contributed by atoms with Crippen LogP contribution < -0.4 is 24.8 Å². The zero-order chi connectivity index (χ0) is 13.5. The quantitative estimate of drug-likeness (QED) is 0.604. The van der Waals surface area contributed by atoms with Gasteiger partial charge in [-0.3, -0.25) is 0 Å². The van der Waals surface area contributed by atoms with E-state index in [1.807, 2.05) is 0 Å². The largest absolute Gasteiger partial charge is 1.00 e. The van der Waals surface area contributed by atoms with Gasteiger partial charge in [-0.15, -0.1) is 0 Å². The molecule has 1 nitrogen and oxygen atoms in total. The molecule has 1 aliphatic carbocycles. The molecule has 4 rings (SSSR count). The maximum atomic E-state index is 5.94. The van der Waals surface area contributed by atoms with Crippen LogP contribution in [-0.2, 0) is 25.0 Å². The van der Waals surface area contributed by atoms with E-state index in [4.69, 9.17) is 2.81 Å². The molecule has 0 radical (unpaired) electrons. The molecule has 1 aliphatic heterocycles. The summed E-state index contributed by atoms with van der Waals surface area (Å²) in [6.45, 7) is 3.29. The van der Waals surface area contributed by atoms with Gasteiger partial charge >= 0.3 is 129 Å². The van der Waals surface area contributed by atoms with E-state index in [2.05, 4.69) is 61.5 Å². The van der Waals surface area contributed by atoms with Crippen LogP contribution in [0.25, 0.3) is 17.2 Å². The van der Waals surface area contributed by atoms with Gasteiger partial charge in [0.1, 0.15) is 0 Å². The molecule has 22 heavy (non-hydrogen) atoms. The second kappa shape index (κ2) is 7.45. The van der Waals surface area contributed by atoms with Gasteiger partial charge in [0.05, 0.1) is 0 Å². The Morgan fingerprint density at radius 1 is 1.00 bits per heavy atom. The van der Waals surface area contributed by atoms with Crippen molar-refractivity contribution in [3.8, 4) is 11.1 Å². The van der Waals surface area contributed by atoms with Crippen molar-refractivity contribution in [1.29, 1.82) is 0 Å². The van der Waals surface area contributed by atoms with E-state index < -0.39 is 22.2 Å². The molecule has 1 heterocycles. The number of benzene rings is 2. The summed E-state index contributed by atoms with van der Waals surface area (Å²) < 4.78 is 7.98. The van der Waals surface area contributed by atoms with Gasteiger partial charge < -0.3 is 24.8 Å². The maximum absolute atomic E-state index is 5.94. The van der Waals surface area contributed by atoms with Crippen molar-refractivity contribution in [2.45, 2.75) is 14.7 Å². The van der Waals surface area contributed by atoms with Crippen molar-refractivity contribution >= 4 is 6.08 Å².